The summed E-state index contributed by atoms with van der Waals surface area (Å²) in [5.74, 6) is -20.1. The second kappa shape index (κ2) is 25.0. The minimum absolute atomic E-state index is 0.0325. The number of rotatable bonds is 25. The fourth-order valence-electron chi connectivity index (χ4n) is 10.4. The highest BCUT2D eigenvalue weighted by Crippen LogP contribution is 2.47. The Bertz CT molecular complexity index is 3270. The number of carbonyl (C=O) groups is 6. The van der Waals surface area contributed by atoms with Gasteiger partial charge in [0, 0.05) is 84.3 Å². The maximum absolute atomic E-state index is 14.0. The summed E-state index contributed by atoms with van der Waals surface area (Å²) >= 11 is 4.08. The van der Waals surface area contributed by atoms with Crippen LogP contribution < -0.4 is 30.2 Å². The Morgan fingerprint density at radius 2 is 1.41 bits per heavy atom. The first-order chi connectivity index (χ1) is 36.1. The number of aliphatic carboxylic acids is 2. The Morgan fingerprint density at radius 1 is 0.763 bits per heavy atom. The molecule has 2 heterocycles. The zero-order valence-electron chi connectivity index (χ0n) is 42.8. The first-order valence-corrected chi connectivity index (χ1v) is 28.5. The number of hydrogen-bond donors (Lipinski definition) is 6. The van der Waals surface area contributed by atoms with Crippen LogP contribution in [0.3, 0.4) is 0 Å². The Hall–Kier alpha value is -6.66. The van der Waals surface area contributed by atoms with Crippen molar-refractivity contribution in [1.82, 2.24) is 19.9 Å². The molecule has 6 rings (SSSR count). The summed E-state index contributed by atoms with van der Waals surface area (Å²) in [5.41, 5.74) is 2.43. The van der Waals surface area contributed by atoms with Gasteiger partial charge in [-0.3, -0.25) is 28.8 Å². The molecule has 0 saturated carbocycles. The van der Waals surface area contributed by atoms with Crippen molar-refractivity contribution in [3.05, 3.63) is 95.8 Å². The predicted octanol–water partition coefficient (Wildman–Crippen LogP) is 4.37. The van der Waals surface area contributed by atoms with Gasteiger partial charge in [0.25, 0.3) is 0 Å². The van der Waals surface area contributed by atoms with E-state index < -0.39 is 120 Å². The van der Waals surface area contributed by atoms with Crippen molar-refractivity contribution in [3.63, 3.8) is 0 Å². The molecule has 2 aliphatic heterocycles. The Labute approximate surface area is 446 Å². The average molecular weight is 1110 g/mol. The molecule has 2 amide bonds. The monoisotopic (exact) mass is 1110 g/mol. The van der Waals surface area contributed by atoms with E-state index in [2.05, 4.69) is 37.5 Å². The molecule has 1 fully saturated rings. The molecule has 1 aliphatic carbocycles. The lowest BCUT2D eigenvalue weighted by Crippen LogP contribution is -2.53. The number of ether oxygens (including phenoxy) is 1. The van der Waals surface area contributed by atoms with E-state index in [-0.39, 0.29) is 24.3 Å². The van der Waals surface area contributed by atoms with Crippen molar-refractivity contribution >= 4 is 85.1 Å². The summed E-state index contributed by atoms with van der Waals surface area (Å²) < 4.78 is 83.0. The maximum atomic E-state index is 14.0. The van der Waals surface area contributed by atoms with Crippen molar-refractivity contribution < 1.29 is 69.5 Å². The van der Waals surface area contributed by atoms with E-state index in [1.54, 1.807) is 49.4 Å². The van der Waals surface area contributed by atoms with E-state index in [0.29, 0.717) is 59.6 Å². The lowest BCUT2D eigenvalue weighted by Gasteiger charge is -2.35. The van der Waals surface area contributed by atoms with Crippen LogP contribution >= 0.6 is 12.6 Å². The molecule has 23 heteroatoms. The molecule has 3 aromatic rings. The van der Waals surface area contributed by atoms with Crippen LogP contribution in [0.1, 0.15) is 59.4 Å². The number of sulfonamides is 1. The second-order valence-electron chi connectivity index (χ2n) is 18.3. The van der Waals surface area contributed by atoms with Gasteiger partial charge in [-0.25, -0.2) is 26.1 Å². The normalized spacial score (nSPS) is 16.8. The second-order valence-corrected chi connectivity index (χ2v) is 21.8. The predicted molar refractivity (Wildman–Crippen MR) is 284 cm³/mol. The van der Waals surface area contributed by atoms with Crippen LogP contribution in [0.15, 0.2) is 99.1 Å². The standard InChI is InChI=1S/C53H63N5O15S3/c1-7-35(31-15-13-12-14-16-31)44-47(53(66)73-52(44)65)46(51(63)64)45(49(60)55-25-26-74)42(50(61)62)30(6)48(59)54-23-24-56-75(67,68)34-19-22-38(41(29-34)76(69,70)71)43-36-20-17-32(57(8-2)9-3)27-39(36)72-40-28-33(18-21-37(40)43)58(10-4)11-5/h12-22,27-30,35,42,44-47,56H,7-11,23-26H2,1-6H3,(H5-,54,55,59,60,61,62,63,64,69,70,71,74). The highest BCUT2D eigenvalue weighted by atomic mass is 32.2. The molecular weight excluding hydrogens is 1040 g/mol. The minimum atomic E-state index is -5.39. The van der Waals surface area contributed by atoms with Crippen LogP contribution in [-0.2, 0) is 53.6 Å². The SMILES string of the molecule is CCC(c1ccccc1)C1C(=O)OC(=O)C1C(C(=O)O)C(C(=O)NCCS)C(C(=O)O)C(C)C(=O)NCCNS(=O)(=O)c1ccc(-c2c3ccc(=[N+](CC)CC)cc-3oc3cc(N(CC)CC)ccc23)c(S(=O)(=O)[O-])c1. The van der Waals surface area contributed by atoms with Crippen molar-refractivity contribution in [2.45, 2.75) is 63.7 Å². The van der Waals surface area contributed by atoms with Crippen LogP contribution in [0.25, 0.3) is 33.4 Å². The van der Waals surface area contributed by atoms with Gasteiger partial charge in [-0.1, -0.05) is 50.2 Å². The number of esters is 2. The topological polar surface area (TPSA) is 299 Å². The Balaban J connectivity index is 1.29. The van der Waals surface area contributed by atoms with Crippen LogP contribution in [0, 0.1) is 35.5 Å². The lowest BCUT2D eigenvalue weighted by atomic mass is 9.64. The smallest absolute Gasteiger partial charge is 0.318 e. The molecule has 7 unspecified atom stereocenters. The molecule has 0 spiro atoms. The summed E-state index contributed by atoms with van der Waals surface area (Å²) in [6.45, 7) is 12.3. The number of carbonyl (C=O) groups excluding carboxylic acids is 4. The van der Waals surface area contributed by atoms with Crippen molar-refractivity contribution in [2.24, 2.45) is 35.5 Å². The van der Waals surface area contributed by atoms with Crippen LogP contribution in [0.5, 0.6) is 0 Å². The first kappa shape index (κ1) is 58.6. The lowest BCUT2D eigenvalue weighted by molar-refractivity contribution is -0.165. The molecular formula is C53H63N5O15S3. The number of nitrogens with one attached hydrogen (secondary N) is 3. The van der Waals surface area contributed by atoms with Gasteiger partial charge in [-0.15, -0.1) is 0 Å². The molecule has 76 heavy (non-hydrogen) atoms. The summed E-state index contributed by atoms with van der Waals surface area (Å²) in [5, 5.41) is 27.6. The third kappa shape index (κ3) is 12.4. The van der Waals surface area contributed by atoms with E-state index in [1.807, 2.05) is 52.0 Å². The third-order valence-corrected chi connectivity index (χ3v) is 16.7. The van der Waals surface area contributed by atoms with Gasteiger partial charge in [0.15, 0.2) is 0 Å². The summed E-state index contributed by atoms with van der Waals surface area (Å²) in [6, 6.07) is 22.3. The van der Waals surface area contributed by atoms with Gasteiger partial charge >= 0.3 is 23.9 Å². The quantitative estimate of drug-likeness (QED) is 0.00899. The largest absolute Gasteiger partial charge is 0.744 e. The molecule has 408 valence electrons. The number of benzene rings is 4. The highest BCUT2D eigenvalue weighted by molar-refractivity contribution is 7.89. The molecule has 3 aliphatic rings. The maximum Gasteiger partial charge on any atom is 0.318 e. The van der Waals surface area contributed by atoms with Crippen molar-refractivity contribution in [2.75, 3.05) is 56.5 Å². The molecule has 1 saturated heterocycles. The number of thiol groups is 1. The molecule has 3 aromatic carbocycles. The molecule has 20 nitrogen and oxygen atoms in total. The van der Waals surface area contributed by atoms with Crippen molar-refractivity contribution in [3.8, 4) is 22.5 Å². The zero-order valence-corrected chi connectivity index (χ0v) is 45.4. The molecule has 0 aromatic heterocycles. The van der Waals surface area contributed by atoms with Gasteiger partial charge in [0.05, 0.1) is 45.4 Å². The first-order valence-electron chi connectivity index (χ1n) is 24.9. The molecule has 0 bridgehead atoms. The number of nitrogens with zero attached hydrogens (tertiary/aromatic N) is 2. The number of cyclic esters (lactones) is 2. The number of hydrogen-bond acceptors (Lipinski definition) is 15. The Kier molecular flexibility index (Phi) is 19.3. The number of carboxylic acids is 2. The molecule has 7 atom stereocenters. The molecule has 0 radical (unpaired) electrons. The minimum Gasteiger partial charge on any atom is -0.744 e. The Morgan fingerprint density at radius 3 is 2.00 bits per heavy atom. The van der Waals surface area contributed by atoms with Gasteiger partial charge in [-0.2, -0.15) is 12.6 Å². The highest BCUT2D eigenvalue weighted by Gasteiger charge is 2.59. The van der Waals surface area contributed by atoms with Crippen molar-refractivity contribution in [1.29, 1.82) is 0 Å². The summed E-state index contributed by atoms with van der Waals surface area (Å²) in [4.78, 5) is 82.0. The van der Waals surface area contributed by atoms with E-state index in [0.717, 1.165) is 30.1 Å². The van der Waals surface area contributed by atoms with Crippen LogP contribution in [0.2, 0.25) is 0 Å². The van der Waals surface area contributed by atoms with Gasteiger partial charge in [0.1, 0.15) is 34.6 Å². The van der Waals surface area contributed by atoms with E-state index >= 15 is 0 Å². The van der Waals surface area contributed by atoms with E-state index in [1.165, 1.54) is 6.07 Å². The van der Waals surface area contributed by atoms with Gasteiger partial charge < -0.3 is 39.5 Å². The summed E-state index contributed by atoms with van der Waals surface area (Å²) in [6.07, 6.45) is 0.210. The van der Waals surface area contributed by atoms with Gasteiger partial charge in [-0.05, 0) is 75.9 Å². The van der Waals surface area contributed by atoms with E-state index in [9.17, 15) is 60.4 Å². The van der Waals surface area contributed by atoms with Gasteiger partial charge in [0.2, 0.25) is 27.2 Å². The average Bonchev–Trinajstić information content (AvgIpc) is 3.67. The van der Waals surface area contributed by atoms with Crippen LogP contribution in [-0.4, -0.2) is 119 Å². The number of carboxylic acid groups (broad SMARTS) is 2. The fraction of sp³-hybridized carbons (Fsp3) is 0.415. The number of amides is 2. The third-order valence-electron chi connectivity index (χ3n) is 14.1. The van der Waals surface area contributed by atoms with E-state index in [4.69, 9.17) is 9.15 Å². The molecule has 5 N–H and O–H groups in total. The van der Waals surface area contributed by atoms with Crippen LogP contribution in [0.4, 0.5) is 5.69 Å². The zero-order chi connectivity index (χ0) is 55.8. The number of fused-ring (bicyclic) bond motifs is 2. The summed E-state index contributed by atoms with van der Waals surface area (Å²) in [7, 11) is -10.0. The fourth-order valence-corrected chi connectivity index (χ4v) is 12.3. The number of anilines is 1.